The van der Waals surface area contributed by atoms with Gasteiger partial charge in [0.15, 0.2) is 0 Å². The number of methoxy groups -OCH3 is 1. The SMILES string of the molecule is CC#CCN(C(=O)Nc1ccc(C)nc1)C1CCN(Cc2ccc(Oc3ccc(S(=O)(=O)NCCOC)cc3)nc2)CC1. The molecular formula is C31H38N6O5S. The van der Waals surface area contributed by atoms with Crippen molar-refractivity contribution in [1.29, 1.82) is 0 Å². The molecule has 3 aromatic rings. The standard InChI is InChI=1S/C31H38N6O5S/c1-4-5-17-37(31(38)35-26-8-6-24(2)32-22-26)27-14-18-36(19-15-27)23-25-7-13-30(33-21-25)42-28-9-11-29(12-10-28)43(39,40)34-16-20-41-3/h6-13,21-22,27,34H,14-20,23H2,1-3H3,(H,35,38). The summed E-state index contributed by atoms with van der Waals surface area (Å²) in [6, 6.07) is 13.6. The van der Waals surface area contributed by atoms with Crippen LogP contribution in [0.4, 0.5) is 10.5 Å². The van der Waals surface area contributed by atoms with Crippen LogP contribution in [-0.2, 0) is 21.3 Å². The Balaban J connectivity index is 1.27. The summed E-state index contributed by atoms with van der Waals surface area (Å²) in [6.07, 6.45) is 5.13. The van der Waals surface area contributed by atoms with Gasteiger partial charge in [-0.1, -0.05) is 12.0 Å². The Morgan fingerprint density at radius 1 is 1.07 bits per heavy atom. The zero-order valence-electron chi connectivity index (χ0n) is 24.7. The van der Waals surface area contributed by atoms with E-state index in [2.05, 4.69) is 36.7 Å². The second kappa shape index (κ2) is 15.5. The molecule has 0 unspecified atom stereocenters. The highest BCUT2D eigenvalue weighted by molar-refractivity contribution is 7.89. The van der Waals surface area contributed by atoms with Crippen molar-refractivity contribution in [3.8, 4) is 23.5 Å². The van der Waals surface area contributed by atoms with Crippen molar-refractivity contribution >= 4 is 21.7 Å². The molecule has 0 atom stereocenters. The van der Waals surface area contributed by atoms with Gasteiger partial charge in [-0.2, -0.15) is 0 Å². The van der Waals surface area contributed by atoms with Gasteiger partial charge in [0.2, 0.25) is 15.9 Å². The van der Waals surface area contributed by atoms with E-state index in [0.717, 1.165) is 43.7 Å². The lowest BCUT2D eigenvalue weighted by Crippen LogP contribution is -2.48. The Morgan fingerprint density at radius 2 is 1.84 bits per heavy atom. The van der Waals surface area contributed by atoms with Gasteiger partial charge in [0.05, 0.1) is 29.9 Å². The fourth-order valence-corrected chi connectivity index (χ4v) is 5.66. The number of carbonyl (C=O) groups is 1. The summed E-state index contributed by atoms with van der Waals surface area (Å²) in [7, 11) is -2.10. The second-order valence-corrected chi connectivity index (χ2v) is 11.9. The molecule has 2 N–H and O–H groups in total. The average molecular weight is 607 g/mol. The van der Waals surface area contributed by atoms with Gasteiger partial charge in [-0.15, -0.1) is 5.92 Å². The van der Waals surface area contributed by atoms with Gasteiger partial charge < -0.3 is 19.7 Å². The molecule has 1 aliphatic heterocycles. The number of hydrogen-bond donors (Lipinski definition) is 2. The number of amides is 2. The van der Waals surface area contributed by atoms with Crippen molar-refractivity contribution in [2.45, 2.75) is 44.2 Å². The number of carbonyl (C=O) groups excluding carboxylic acids is 1. The molecule has 4 rings (SSSR count). The number of sulfonamides is 1. The molecule has 2 amide bonds. The van der Waals surface area contributed by atoms with E-state index in [-0.39, 0.29) is 23.5 Å². The molecule has 1 fully saturated rings. The molecule has 43 heavy (non-hydrogen) atoms. The highest BCUT2D eigenvalue weighted by Crippen LogP contribution is 2.23. The maximum atomic E-state index is 13.1. The van der Waals surface area contributed by atoms with Gasteiger partial charge in [0.1, 0.15) is 5.75 Å². The maximum Gasteiger partial charge on any atom is 0.322 e. The molecule has 0 saturated carbocycles. The predicted molar refractivity (Wildman–Crippen MR) is 164 cm³/mol. The topological polar surface area (TPSA) is 126 Å². The Labute approximate surface area is 253 Å². The summed E-state index contributed by atoms with van der Waals surface area (Å²) < 4.78 is 37.8. The summed E-state index contributed by atoms with van der Waals surface area (Å²) >= 11 is 0. The minimum Gasteiger partial charge on any atom is -0.439 e. The highest BCUT2D eigenvalue weighted by atomic mass is 32.2. The number of ether oxygens (including phenoxy) is 2. The largest absolute Gasteiger partial charge is 0.439 e. The first-order chi connectivity index (χ1) is 20.8. The molecule has 1 aromatic carbocycles. The number of rotatable bonds is 12. The van der Waals surface area contributed by atoms with Gasteiger partial charge in [0, 0.05) is 57.3 Å². The summed E-state index contributed by atoms with van der Waals surface area (Å²) in [6.45, 7) is 6.96. The molecule has 11 nitrogen and oxygen atoms in total. The van der Waals surface area contributed by atoms with Crippen molar-refractivity contribution in [1.82, 2.24) is 24.5 Å². The lowest BCUT2D eigenvalue weighted by molar-refractivity contribution is 0.131. The Bertz CT molecular complexity index is 1500. The number of aryl methyl sites for hydroxylation is 1. The van der Waals surface area contributed by atoms with E-state index in [9.17, 15) is 13.2 Å². The van der Waals surface area contributed by atoms with Crippen LogP contribution >= 0.6 is 0 Å². The van der Waals surface area contributed by atoms with Crippen LogP contribution in [0, 0.1) is 18.8 Å². The molecule has 0 bridgehead atoms. The number of nitrogens with zero attached hydrogens (tertiary/aromatic N) is 4. The third-order valence-electron chi connectivity index (χ3n) is 7.01. The van der Waals surface area contributed by atoms with E-state index in [4.69, 9.17) is 9.47 Å². The van der Waals surface area contributed by atoms with E-state index in [1.165, 1.54) is 19.2 Å². The lowest BCUT2D eigenvalue weighted by Gasteiger charge is -2.37. The van der Waals surface area contributed by atoms with E-state index in [1.54, 1.807) is 37.5 Å². The van der Waals surface area contributed by atoms with Crippen LogP contribution in [0.15, 0.2) is 65.8 Å². The predicted octanol–water partition coefficient (Wildman–Crippen LogP) is 4.02. The van der Waals surface area contributed by atoms with E-state index in [0.29, 0.717) is 30.5 Å². The first kappa shape index (κ1) is 31.9. The van der Waals surface area contributed by atoms with Gasteiger partial charge >= 0.3 is 6.03 Å². The van der Waals surface area contributed by atoms with Crippen molar-refractivity contribution in [2.24, 2.45) is 0 Å². The van der Waals surface area contributed by atoms with E-state index >= 15 is 0 Å². The summed E-state index contributed by atoms with van der Waals surface area (Å²) in [5, 5.41) is 2.96. The molecule has 3 heterocycles. The number of likely N-dealkylation sites (tertiary alicyclic amines) is 1. The number of aromatic nitrogens is 2. The molecular weight excluding hydrogens is 568 g/mol. The molecule has 1 aliphatic rings. The molecule has 228 valence electrons. The maximum absolute atomic E-state index is 13.1. The van der Waals surface area contributed by atoms with Gasteiger partial charge in [0.25, 0.3) is 0 Å². The fraction of sp³-hybridized carbons (Fsp3) is 0.387. The smallest absolute Gasteiger partial charge is 0.322 e. The van der Waals surface area contributed by atoms with Crippen LogP contribution in [0.1, 0.15) is 31.0 Å². The van der Waals surface area contributed by atoms with Crippen LogP contribution in [0.2, 0.25) is 0 Å². The Morgan fingerprint density at radius 3 is 2.47 bits per heavy atom. The monoisotopic (exact) mass is 606 g/mol. The summed E-state index contributed by atoms with van der Waals surface area (Å²) in [4.78, 5) is 26.1. The minimum atomic E-state index is -3.61. The van der Waals surface area contributed by atoms with E-state index < -0.39 is 10.0 Å². The zero-order chi connectivity index (χ0) is 30.7. The van der Waals surface area contributed by atoms with Gasteiger partial charge in [-0.05, 0) is 68.7 Å². The molecule has 0 radical (unpaired) electrons. The lowest BCUT2D eigenvalue weighted by atomic mass is 10.0. The summed E-state index contributed by atoms with van der Waals surface area (Å²) in [5.74, 6) is 6.84. The molecule has 0 spiro atoms. The van der Waals surface area contributed by atoms with Crippen molar-refractivity contribution in [3.05, 3.63) is 72.2 Å². The number of piperidine rings is 1. The number of nitrogens with one attached hydrogen (secondary N) is 2. The third-order valence-corrected chi connectivity index (χ3v) is 8.48. The number of anilines is 1. The molecule has 12 heteroatoms. The third kappa shape index (κ3) is 9.49. The quantitative estimate of drug-likeness (QED) is 0.234. The van der Waals surface area contributed by atoms with Crippen molar-refractivity contribution in [2.75, 3.05) is 45.2 Å². The normalized spacial score (nSPS) is 14.0. The first-order valence-corrected chi connectivity index (χ1v) is 15.6. The molecule has 2 aromatic heterocycles. The Kier molecular flexibility index (Phi) is 11.5. The van der Waals surface area contributed by atoms with Crippen LogP contribution in [0.5, 0.6) is 11.6 Å². The minimum absolute atomic E-state index is 0.0897. The van der Waals surface area contributed by atoms with E-state index in [1.807, 2.05) is 30.0 Å². The first-order valence-electron chi connectivity index (χ1n) is 14.1. The fourth-order valence-electron chi connectivity index (χ4n) is 4.65. The number of benzene rings is 1. The number of urea groups is 1. The highest BCUT2D eigenvalue weighted by Gasteiger charge is 2.28. The van der Waals surface area contributed by atoms with Gasteiger partial charge in [-0.3, -0.25) is 9.88 Å². The van der Waals surface area contributed by atoms with Crippen LogP contribution in [-0.4, -0.2) is 80.2 Å². The number of pyridine rings is 2. The van der Waals surface area contributed by atoms with Crippen LogP contribution in [0.3, 0.4) is 0 Å². The average Bonchev–Trinajstić information content (AvgIpc) is 3.01. The Hall–Kier alpha value is -4.02. The molecule has 1 saturated heterocycles. The zero-order valence-corrected chi connectivity index (χ0v) is 25.6. The second-order valence-electron chi connectivity index (χ2n) is 10.1. The number of hydrogen-bond acceptors (Lipinski definition) is 8. The van der Waals surface area contributed by atoms with Crippen molar-refractivity contribution < 1.29 is 22.7 Å². The van der Waals surface area contributed by atoms with Crippen molar-refractivity contribution in [3.63, 3.8) is 0 Å². The van der Waals surface area contributed by atoms with Gasteiger partial charge in [-0.25, -0.2) is 22.9 Å². The summed E-state index contributed by atoms with van der Waals surface area (Å²) in [5.41, 5.74) is 2.61. The molecule has 0 aliphatic carbocycles. The van der Waals surface area contributed by atoms with Crippen LogP contribution < -0.4 is 14.8 Å². The van der Waals surface area contributed by atoms with Crippen LogP contribution in [0.25, 0.3) is 0 Å².